The highest BCUT2D eigenvalue weighted by molar-refractivity contribution is 5.91. The lowest BCUT2D eigenvalue weighted by atomic mass is 10.2. The molecule has 2 heterocycles. The zero-order chi connectivity index (χ0) is 14.0. The molecule has 8 heteroatoms. The number of rotatable bonds is 5. The van der Waals surface area contributed by atoms with Crippen molar-refractivity contribution in [2.75, 3.05) is 5.73 Å². The van der Waals surface area contributed by atoms with Gasteiger partial charge in [0.2, 0.25) is 0 Å². The van der Waals surface area contributed by atoms with Gasteiger partial charge in [-0.05, 0) is 5.92 Å². The molecule has 0 atom stereocenters. The van der Waals surface area contributed by atoms with Gasteiger partial charge in [-0.25, -0.2) is 14.5 Å². The standard InChI is InChI=1S/C11H16N6O2/c1-7(2)3-17-9(13-6-14-17)5-16-4-8(12)10(15-16)11(18)19/h4,6-7H,3,5,12H2,1-2H3,(H,18,19). The van der Waals surface area contributed by atoms with Crippen LogP contribution in [0, 0.1) is 5.92 Å². The minimum absolute atomic E-state index is 0.141. The molecule has 2 aromatic heterocycles. The van der Waals surface area contributed by atoms with E-state index in [9.17, 15) is 4.79 Å². The van der Waals surface area contributed by atoms with Gasteiger partial charge in [0.1, 0.15) is 18.7 Å². The minimum atomic E-state index is -1.14. The highest BCUT2D eigenvalue weighted by atomic mass is 16.4. The topological polar surface area (TPSA) is 112 Å². The number of carbonyl (C=O) groups is 1. The number of nitrogens with two attached hydrogens (primary N) is 1. The van der Waals surface area contributed by atoms with Crippen LogP contribution >= 0.6 is 0 Å². The molecule has 0 aliphatic heterocycles. The van der Waals surface area contributed by atoms with E-state index in [1.807, 2.05) is 0 Å². The fourth-order valence-corrected chi connectivity index (χ4v) is 1.74. The lowest BCUT2D eigenvalue weighted by Gasteiger charge is -2.08. The Morgan fingerprint density at radius 2 is 2.26 bits per heavy atom. The number of carboxylic acids is 1. The molecule has 0 fully saturated rings. The van der Waals surface area contributed by atoms with Crippen LogP contribution in [0.2, 0.25) is 0 Å². The highest BCUT2D eigenvalue weighted by Gasteiger charge is 2.15. The third-order valence-electron chi connectivity index (χ3n) is 2.53. The molecule has 0 amide bonds. The summed E-state index contributed by atoms with van der Waals surface area (Å²) in [6, 6.07) is 0. The van der Waals surface area contributed by atoms with Gasteiger partial charge >= 0.3 is 5.97 Å². The van der Waals surface area contributed by atoms with Crippen molar-refractivity contribution >= 4 is 11.7 Å². The quantitative estimate of drug-likeness (QED) is 0.811. The second kappa shape index (κ2) is 5.09. The lowest BCUT2D eigenvalue weighted by Crippen LogP contribution is -2.14. The Morgan fingerprint density at radius 1 is 1.53 bits per heavy atom. The average Bonchev–Trinajstić information content (AvgIpc) is 2.86. The van der Waals surface area contributed by atoms with Crippen LogP contribution in [-0.2, 0) is 13.1 Å². The summed E-state index contributed by atoms with van der Waals surface area (Å²) in [5, 5.41) is 16.9. The molecule has 0 spiro atoms. The summed E-state index contributed by atoms with van der Waals surface area (Å²) in [5.74, 6) is 0.0192. The van der Waals surface area contributed by atoms with Gasteiger partial charge in [-0.3, -0.25) is 4.68 Å². The maximum absolute atomic E-state index is 10.9. The van der Waals surface area contributed by atoms with Crippen LogP contribution in [-0.4, -0.2) is 35.6 Å². The number of aromatic nitrogens is 5. The summed E-state index contributed by atoms with van der Waals surface area (Å²) in [4.78, 5) is 15.0. The van der Waals surface area contributed by atoms with E-state index in [0.29, 0.717) is 18.3 Å². The summed E-state index contributed by atoms with van der Waals surface area (Å²) >= 11 is 0. The highest BCUT2D eigenvalue weighted by Crippen LogP contribution is 2.10. The van der Waals surface area contributed by atoms with Crippen molar-refractivity contribution in [2.45, 2.75) is 26.9 Å². The number of carboxylic acid groups (broad SMARTS) is 1. The first-order valence-corrected chi connectivity index (χ1v) is 5.90. The monoisotopic (exact) mass is 264 g/mol. The maximum Gasteiger partial charge on any atom is 0.358 e. The van der Waals surface area contributed by atoms with Gasteiger partial charge in [-0.1, -0.05) is 13.8 Å². The molecule has 8 nitrogen and oxygen atoms in total. The first-order valence-electron chi connectivity index (χ1n) is 5.90. The molecular weight excluding hydrogens is 248 g/mol. The lowest BCUT2D eigenvalue weighted by molar-refractivity contribution is 0.0690. The van der Waals surface area contributed by atoms with Crippen molar-refractivity contribution in [1.29, 1.82) is 0 Å². The number of anilines is 1. The molecule has 0 radical (unpaired) electrons. The van der Waals surface area contributed by atoms with E-state index in [0.717, 1.165) is 6.54 Å². The molecule has 102 valence electrons. The van der Waals surface area contributed by atoms with Crippen LogP contribution in [0.3, 0.4) is 0 Å². The molecule has 0 saturated carbocycles. The second-order valence-corrected chi connectivity index (χ2v) is 4.69. The zero-order valence-corrected chi connectivity index (χ0v) is 10.8. The van der Waals surface area contributed by atoms with Crippen molar-refractivity contribution < 1.29 is 9.90 Å². The fraction of sp³-hybridized carbons (Fsp3) is 0.455. The number of hydrogen-bond donors (Lipinski definition) is 2. The third-order valence-corrected chi connectivity index (χ3v) is 2.53. The van der Waals surface area contributed by atoms with E-state index in [1.165, 1.54) is 17.2 Å². The van der Waals surface area contributed by atoms with Crippen LogP contribution in [0.5, 0.6) is 0 Å². The van der Waals surface area contributed by atoms with E-state index < -0.39 is 5.97 Å². The molecule has 0 aliphatic carbocycles. The zero-order valence-electron chi connectivity index (χ0n) is 10.8. The van der Waals surface area contributed by atoms with Crippen molar-refractivity contribution in [3.8, 4) is 0 Å². The van der Waals surface area contributed by atoms with Crippen molar-refractivity contribution in [3.05, 3.63) is 24.0 Å². The Kier molecular flexibility index (Phi) is 3.50. The van der Waals surface area contributed by atoms with Gasteiger partial charge in [0.15, 0.2) is 5.69 Å². The molecular formula is C11H16N6O2. The van der Waals surface area contributed by atoms with E-state index in [2.05, 4.69) is 29.0 Å². The van der Waals surface area contributed by atoms with Gasteiger partial charge in [0, 0.05) is 12.7 Å². The molecule has 0 aliphatic rings. The van der Waals surface area contributed by atoms with Crippen LogP contribution in [0.15, 0.2) is 12.5 Å². The summed E-state index contributed by atoms with van der Waals surface area (Å²) in [6.07, 6.45) is 2.96. The largest absolute Gasteiger partial charge is 0.476 e. The van der Waals surface area contributed by atoms with Crippen molar-refractivity contribution in [3.63, 3.8) is 0 Å². The van der Waals surface area contributed by atoms with Crippen LogP contribution in [0.25, 0.3) is 0 Å². The minimum Gasteiger partial charge on any atom is -0.476 e. The molecule has 0 saturated heterocycles. The third kappa shape index (κ3) is 2.90. The molecule has 3 N–H and O–H groups in total. The molecule has 2 rings (SSSR count). The van der Waals surface area contributed by atoms with Crippen LogP contribution < -0.4 is 5.73 Å². The fourth-order valence-electron chi connectivity index (χ4n) is 1.74. The van der Waals surface area contributed by atoms with Gasteiger partial charge in [-0.2, -0.15) is 10.2 Å². The number of hydrogen-bond acceptors (Lipinski definition) is 5. The SMILES string of the molecule is CC(C)Cn1ncnc1Cn1cc(N)c(C(=O)O)n1. The summed E-state index contributed by atoms with van der Waals surface area (Å²) in [6.45, 7) is 5.25. The van der Waals surface area contributed by atoms with Gasteiger partial charge in [-0.15, -0.1) is 0 Å². The van der Waals surface area contributed by atoms with Gasteiger partial charge < -0.3 is 10.8 Å². The van der Waals surface area contributed by atoms with Crippen LogP contribution in [0.4, 0.5) is 5.69 Å². The van der Waals surface area contributed by atoms with E-state index in [1.54, 1.807) is 4.68 Å². The first kappa shape index (κ1) is 13.1. The molecule has 0 bridgehead atoms. The summed E-state index contributed by atoms with van der Waals surface area (Å²) in [7, 11) is 0. The van der Waals surface area contributed by atoms with Crippen molar-refractivity contribution in [2.24, 2.45) is 5.92 Å². The predicted molar refractivity (Wildman–Crippen MR) is 67.6 cm³/mol. The van der Waals surface area contributed by atoms with E-state index in [4.69, 9.17) is 10.8 Å². The van der Waals surface area contributed by atoms with Crippen molar-refractivity contribution in [1.82, 2.24) is 24.5 Å². The van der Waals surface area contributed by atoms with Gasteiger partial charge in [0.25, 0.3) is 0 Å². The van der Waals surface area contributed by atoms with E-state index in [-0.39, 0.29) is 11.4 Å². The smallest absolute Gasteiger partial charge is 0.358 e. The number of aromatic carboxylic acids is 1. The Morgan fingerprint density at radius 3 is 2.84 bits per heavy atom. The summed E-state index contributed by atoms with van der Waals surface area (Å²) in [5.41, 5.74) is 5.58. The number of nitrogen functional groups attached to an aromatic ring is 1. The van der Waals surface area contributed by atoms with Gasteiger partial charge in [0.05, 0.1) is 5.69 Å². The normalized spacial score (nSPS) is 11.1. The maximum atomic E-state index is 10.9. The molecule has 2 aromatic rings. The van der Waals surface area contributed by atoms with E-state index >= 15 is 0 Å². The summed E-state index contributed by atoms with van der Waals surface area (Å²) < 4.78 is 3.24. The second-order valence-electron chi connectivity index (χ2n) is 4.69. The van der Waals surface area contributed by atoms with Crippen LogP contribution in [0.1, 0.15) is 30.2 Å². The molecule has 0 unspecified atom stereocenters. The Bertz CT molecular complexity index is 586. The molecule has 0 aromatic carbocycles. The Hall–Kier alpha value is -2.38. The Labute approximate surface area is 109 Å². The average molecular weight is 264 g/mol. The first-order chi connectivity index (χ1) is 8.97. The molecule has 19 heavy (non-hydrogen) atoms. The predicted octanol–water partition coefficient (Wildman–Crippen LogP) is 0.459. The number of nitrogens with zero attached hydrogens (tertiary/aromatic N) is 5. The Balaban J connectivity index is 2.19.